The van der Waals surface area contributed by atoms with Crippen LogP contribution in [0, 0.1) is 0 Å². The standard InChI is InChI=1S/C22H26BrN3O4S/c1-3-4-10-24-20(27)15-6-5-7-17(13-15)25-22(31)26-21(28)16-8-9-19(18(23)14-16)30-12-11-29-2/h5-9,13-14H,3-4,10-12H2,1-2H3,(H,24,27)(H2,25,26,28,31). The Morgan fingerprint density at radius 1 is 1.06 bits per heavy atom. The van der Waals surface area contributed by atoms with Crippen molar-refractivity contribution in [1.29, 1.82) is 0 Å². The van der Waals surface area contributed by atoms with Crippen LogP contribution in [0.25, 0.3) is 0 Å². The van der Waals surface area contributed by atoms with Crippen LogP contribution in [0.1, 0.15) is 40.5 Å². The van der Waals surface area contributed by atoms with Gasteiger partial charge in [0.05, 0.1) is 11.1 Å². The summed E-state index contributed by atoms with van der Waals surface area (Å²) in [6.07, 6.45) is 1.94. The summed E-state index contributed by atoms with van der Waals surface area (Å²) in [6, 6.07) is 11.9. The number of unbranched alkanes of at least 4 members (excludes halogenated alkanes) is 1. The van der Waals surface area contributed by atoms with Gasteiger partial charge in [-0.25, -0.2) is 0 Å². The SMILES string of the molecule is CCCCNC(=O)c1cccc(NC(=S)NC(=O)c2ccc(OCCOC)c(Br)c2)c1. The molecule has 0 atom stereocenters. The molecule has 0 spiro atoms. The second kappa shape index (κ2) is 13.0. The number of amides is 2. The van der Waals surface area contributed by atoms with Gasteiger partial charge in [0.15, 0.2) is 5.11 Å². The predicted octanol–water partition coefficient (Wildman–Crippen LogP) is 4.13. The van der Waals surface area contributed by atoms with E-state index in [4.69, 9.17) is 21.7 Å². The molecule has 31 heavy (non-hydrogen) atoms. The van der Waals surface area contributed by atoms with Gasteiger partial charge >= 0.3 is 0 Å². The van der Waals surface area contributed by atoms with Crippen molar-refractivity contribution in [2.24, 2.45) is 0 Å². The fourth-order valence-electron chi connectivity index (χ4n) is 2.55. The molecule has 0 heterocycles. The second-order valence-corrected chi connectivity index (χ2v) is 7.85. The Hall–Kier alpha value is -2.49. The highest BCUT2D eigenvalue weighted by Gasteiger charge is 2.12. The molecule has 2 amide bonds. The minimum absolute atomic E-state index is 0.130. The van der Waals surface area contributed by atoms with Crippen LogP contribution in [0.3, 0.4) is 0 Å². The Labute approximate surface area is 196 Å². The third kappa shape index (κ3) is 8.28. The highest BCUT2D eigenvalue weighted by atomic mass is 79.9. The van der Waals surface area contributed by atoms with Crippen molar-refractivity contribution in [2.45, 2.75) is 19.8 Å². The van der Waals surface area contributed by atoms with Crippen LogP contribution in [0.15, 0.2) is 46.9 Å². The van der Waals surface area contributed by atoms with E-state index in [1.807, 2.05) is 0 Å². The molecule has 0 radical (unpaired) electrons. The molecule has 0 aromatic heterocycles. The molecule has 0 aliphatic heterocycles. The topological polar surface area (TPSA) is 88.7 Å². The lowest BCUT2D eigenvalue weighted by molar-refractivity contribution is 0.0950. The molecule has 2 aromatic carbocycles. The Kier molecular flexibility index (Phi) is 10.4. The van der Waals surface area contributed by atoms with E-state index < -0.39 is 0 Å². The molecule has 0 fully saturated rings. The summed E-state index contributed by atoms with van der Waals surface area (Å²) in [5.41, 5.74) is 1.54. The number of anilines is 1. The molecule has 0 aliphatic carbocycles. The quantitative estimate of drug-likeness (QED) is 0.331. The van der Waals surface area contributed by atoms with E-state index in [-0.39, 0.29) is 16.9 Å². The van der Waals surface area contributed by atoms with Gasteiger partial charge in [-0.2, -0.15) is 0 Å². The normalized spacial score (nSPS) is 10.3. The summed E-state index contributed by atoms with van der Waals surface area (Å²) in [7, 11) is 1.60. The molecule has 0 saturated heterocycles. The van der Waals surface area contributed by atoms with Gasteiger partial charge in [-0.1, -0.05) is 19.4 Å². The number of methoxy groups -OCH3 is 1. The van der Waals surface area contributed by atoms with Gasteiger partial charge in [0.25, 0.3) is 11.8 Å². The Balaban J connectivity index is 1.93. The molecule has 7 nitrogen and oxygen atoms in total. The zero-order chi connectivity index (χ0) is 22.6. The molecule has 2 rings (SSSR count). The van der Waals surface area contributed by atoms with Crippen molar-refractivity contribution in [2.75, 3.05) is 32.2 Å². The summed E-state index contributed by atoms with van der Waals surface area (Å²) in [4.78, 5) is 24.7. The zero-order valence-corrected chi connectivity index (χ0v) is 19.9. The van der Waals surface area contributed by atoms with Gasteiger partial charge in [0.2, 0.25) is 0 Å². The van der Waals surface area contributed by atoms with E-state index in [1.165, 1.54) is 0 Å². The van der Waals surface area contributed by atoms with Crippen molar-refractivity contribution in [3.05, 3.63) is 58.1 Å². The van der Waals surface area contributed by atoms with E-state index in [9.17, 15) is 9.59 Å². The first-order chi connectivity index (χ1) is 14.9. The van der Waals surface area contributed by atoms with Gasteiger partial charge in [-0.3, -0.25) is 14.9 Å². The minimum atomic E-state index is -0.366. The highest BCUT2D eigenvalue weighted by molar-refractivity contribution is 9.10. The first kappa shape index (κ1) is 24.8. The molecule has 2 aromatic rings. The summed E-state index contributed by atoms with van der Waals surface area (Å²) in [6.45, 7) is 3.57. The number of thiocarbonyl (C=S) groups is 1. The summed E-state index contributed by atoms with van der Waals surface area (Å²) >= 11 is 8.64. The van der Waals surface area contributed by atoms with E-state index in [0.717, 1.165) is 12.8 Å². The number of hydrogen-bond acceptors (Lipinski definition) is 5. The fraction of sp³-hybridized carbons (Fsp3) is 0.318. The summed E-state index contributed by atoms with van der Waals surface area (Å²) in [5, 5.41) is 8.57. The van der Waals surface area contributed by atoms with E-state index >= 15 is 0 Å². The van der Waals surface area contributed by atoms with Crippen LogP contribution in [-0.2, 0) is 4.74 Å². The van der Waals surface area contributed by atoms with Crippen LogP contribution in [0.4, 0.5) is 5.69 Å². The van der Waals surface area contributed by atoms with Gasteiger partial charge < -0.3 is 20.1 Å². The molecular weight excluding hydrogens is 482 g/mol. The smallest absolute Gasteiger partial charge is 0.257 e. The van der Waals surface area contributed by atoms with E-state index in [1.54, 1.807) is 49.6 Å². The van der Waals surface area contributed by atoms with Crippen LogP contribution in [-0.4, -0.2) is 43.8 Å². The maximum atomic E-state index is 12.5. The molecule has 3 N–H and O–H groups in total. The van der Waals surface area contributed by atoms with Crippen LogP contribution in [0.2, 0.25) is 0 Å². The summed E-state index contributed by atoms with van der Waals surface area (Å²) in [5.74, 6) is 0.100. The largest absolute Gasteiger partial charge is 0.490 e. The molecule has 0 saturated carbocycles. The average Bonchev–Trinajstić information content (AvgIpc) is 2.75. The lowest BCUT2D eigenvalue weighted by Gasteiger charge is -2.12. The third-order valence-corrected chi connectivity index (χ3v) is 4.99. The Bertz CT molecular complexity index is 923. The molecule has 9 heteroatoms. The number of rotatable bonds is 10. The Morgan fingerprint density at radius 3 is 2.55 bits per heavy atom. The molecule has 0 aliphatic rings. The number of carbonyl (C=O) groups is 2. The van der Waals surface area contributed by atoms with E-state index in [2.05, 4.69) is 38.8 Å². The van der Waals surface area contributed by atoms with Gasteiger partial charge in [-0.15, -0.1) is 0 Å². The molecule has 0 bridgehead atoms. The van der Waals surface area contributed by atoms with Gasteiger partial charge in [0.1, 0.15) is 12.4 Å². The zero-order valence-electron chi connectivity index (χ0n) is 17.5. The lowest BCUT2D eigenvalue weighted by atomic mass is 10.2. The van der Waals surface area contributed by atoms with Crippen molar-refractivity contribution < 1.29 is 19.1 Å². The third-order valence-electron chi connectivity index (χ3n) is 4.16. The maximum Gasteiger partial charge on any atom is 0.257 e. The second-order valence-electron chi connectivity index (χ2n) is 6.58. The van der Waals surface area contributed by atoms with Gasteiger partial charge in [0, 0.05) is 30.5 Å². The molecular formula is C22H26BrN3O4S. The Morgan fingerprint density at radius 2 is 1.84 bits per heavy atom. The number of halogens is 1. The van der Waals surface area contributed by atoms with Crippen LogP contribution in [0.5, 0.6) is 5.75 Å². The van der Waals surface area contributed by atoms with Crippen LogP contribution < -0.4 is 20.7 Å². The number of nitrogens with one attached hydrogen (secondary N) is 3. The highest BCUT2D eigenvalue weighted by Crippen LogP contribution is 2.26. The van der Waals surface area contributed by atoms with Crippen molar-refractivity contribution in [3.63, 3.8) is 0 Å². The fourth-order valence-corrected chi connectivity index (χ4v) is 3.25. The van der Waals surface area contributed by atoms with Gasteiger partial charge in [-0.05, 0) is 71.0 Å². The van der Waals surface area contributed by atoms with Crippen molar-refractivity contribution in [3.8, 4) is 5.75 Å². The molecule has 166 valence electrons. The predicted molar refractivity (Wildman–Crippen MR) is 129 cm³/mol. The first-order valence-electron chi connectivity index (χ1n) is 9.86. The van der Waals surface area contributed by atoms with Crippen LogP contribution >= 0.6 is 28.1 Å². The first-order valence-corrected chi connectivity index (χ1v) is 11.1. The summed E-state index contributed by atoms with van der Waals surface area (Å²) < 4.78 is 11.2. The number of hydrogen-bond donors (Lipinski definition) is 3. The van der Waals surface area contributed by atoms with Crippen molar-refractivity contribution >= 4 is 50.8 Å². The molecule has 0 unspecified atom stereocenters. The lowest BCUT2D eigenvalue weighted by Crippen LogP contribution is -2.34. The monoisotopic (exact) mass is 507 g/mol. The van der Waals surface area contributed by atoms with Crippen molar-refractivity contribution in [1.82, 2.24) is 10.6 Å². The average molecular weight is 508 g/mol. The maximum absolute atomic E-state index is 12.5. The van der Waals surface area contributed by atoms with E-state index in [0.29, 0.717) is 46.8 Å². The minimum Gasteiger partial charge on any atom is -0.490 e. The number of benzene rings is 2. The number of carbonyl (C=O) groups excluding carboxylic acids is 2. The number of ether oxygens (including phenoxy) is 2.